The molecule has 0 radical (unpaired) electrons. The van der Waals surface area contributed by atoms with Gasteiger partial charge in [-0.3, -0.25) is 0 Å². The normalized spacial score (nSPS) is 13.7. The molecule has 2 heterocycles. The van der Waals surface area contributed by atoms with Crippen molar-refractivity contribution in [1.29, 1.82) is 0 Å². The van der Waals surface area contributed by atoms with Gasteiger partial charge in [-0.15, -0.1) is 0 Å². The summed E-state index contributed by atoms with van der Waals surface area (Å²) >= 11 is 0. The van der Waals surface area contributed by atoms with Crippen LogP contribution in [0.2, 0.25) is 0 Å². The molecule has 0 fully saturated rings. The maximum Gasteiger partial charge on any atom is 0.106 e. The van der Waals surface area contributed by atoms with Crippen LogP contribution in [0.25, 0.3) is 21.7 Å². The average molecular weight is 436 g/mol. The summed E-state index contributed by atoms with van der Waals surface area (Å²) in [6, 6.07) is 22.1. The minimum Gasteiger partial charge on any atom is -0.361 e. The molecule has 0 saturated carbocycles. The number of aromatic amines is 2. The number of nitrogens with zero attached hydrogens (tertiary/aromatic N) is 1. The second-order valence-corrected chi connectivity index (χ2v) is 9.84. The summed E-state index contributed by atoms with van der Waals surface area (Å²) in [6.07, 6.45) is 6.08. The lowest BCUT2D eigenvalue weighted by atomic mass is 9.92. The van der Waals surface area contributed by atoms with Crippen molar-refractivity contribution in [2.24, 2.45) is 0 Å². The largest absolute Gasteiger partial charge is 0.361 e. The van der Waals surface area contributed by atoms with Crippen molar-refractivity contribution in [1.82, 2.24) is 15.0 Å². The van der Waals surface area contributed by atoms with Crippen LogP contribution in [0.15, 0.2) is 73.1 Å². The van der Waals surface area contributed by atoms with Crippen LogP contribution in [0, 0.1) is 0 Å². The van der Waals surface area contributed by atoms with Crippen molar-refractivity contribution < 1.29 is 0 Å². The number of fused-ring (bicyclic) bond motifs is 2. The number of hydrogen-bond acceptors (Lipinski definition) is 1. The summed E-state index contributed by atoms with van der Waals surface area (Å²) in [5, 5.41) is 3.98. The number of rotatable bonds is 7. The molecule has 0 aliphatic heterocycles. The Morgan fingerprint density at radius 3 is 2.45 bits per heavy atom. The van der Waals surface area contributed by atoms with E-state index >= 15 is 0 Å². The van der Waals surface area contributed by atoms with Gasteiger partial charge in [0.2, 0.25) is 0 Å². The zero-order chi connectivity index (χ0) is 22.9. The highest BCUT2D eigenvalue weighted by molar-refractivity contribution is 5.86. The Morgan fingerprint density at radius 1 is 0.788 bits per heavy atom. The van der Waals surface area contributed by atoms with E-state index in [1.165, 1.54) is 44.1 Å². The summed E-state index contributed by atoms with van der Waals surface area (Å²) in [5.74, 6) is 2.38. The summed E-state index contributed by atoms with van der Waals surface area (Å²) in [4.78, 5) is 11.8. The molecule has 168 valence electrons. The Labute approximate surface area is 196 Å². The van der Waals surface area contributed by atoms with Gasteiger partial charge in [0.25, 0.3) is 0 Å². The van der Waals surface area contributed by atoms with Crippen LogP contribution in [-0.2, 0) is 12.8 Å². The summed E-state index contributed by atoms with van der Waals surface area (Å²) in [7, 11) is 0. The molecule has 2 unspecified atom stereocenters. The van der Waals surface area contributed by atoms with Gasteiger partial charge < -0.3 is 9.97 Å². The molecule has 0 aliphatic carbocycles. The monoisotopic (exact) mass is 435 g/mol. The van der Waals surface area contributed by atoms with Gasteiger partial charge in [-0.2, -0.15) is 0 Å². The van der Waals surface area contributed by atoms with Crippen LogP contribution >= 0.6 is 0 Å². The molecule has 2 aromatic heterocycles. The first-order valence-corrected chi connectivity index (χ1v) is 12.1. The maximum atomic E-state index is 4.74. The Kier molecular flexibility index (Phi) is 5.80. The maximum absolute atomic E-state index is 4.74. The quantitative estimate of drug-likeness (QED) is 0.268. The van der Waals surface area contributed by atoms with Gasteiger partial charge in [-0.25, -0.2) is 4.98 Å². The van der Waals surface area contributed by atoms with Crippen LogP contribution in [0.3, 0.4) is 0 Å². The molecule has 0 aliphatic rings. The van der Waals surface area contributed by atoms with Gasteiger partial charge >= 0.3 is 0 Å². The lowest BCUT2D eigenvalue weighted by Crippen LogP contribution is -2.02. The van der Waals surface area contributed by atoms with Crippen LogP contribution in [-0.4, -0.2) is 15.0 Å². The molecule has 0 bridgehead atoms. The van der Waals surface area contributed by atoms with E-state index in [2.05, 4.69) is 105 Å². The van der Waals surface area contributed by atoms with E-state index in [0.717, 1.165) is 18.7 Å². The van der Waals surface area contributed by atoms with Crippen LogP contribution < -0.4 is 0 Å². The lowest BCUT2D eigenvalue weighted by Gasteiger charge is -2.14. The molecule has 3 heteroatoms. The van der Waals surface area contributed by atoms with E-state index in [4.69, 9.17) is 4.98 Å². The van der Waals surface area contributed by atoms with E-state index in [1.54, 1.807) is 0 Å². The third kappa shape index (κ3) is 4.32. The number of hydrogen-bond donors (Lipinski definition) is 2. The lowest BCUT2D eigenvalue weighted by molar-refractivity contribution is 0.709. The summed E-state index contributed by atoms with van der Waals surface area (Å²) < 4.78 is 0. The van der Waals surface area contributed by atoms with Crippen molar-refractivity contribution in [3.8, 4) is 0 Å². The van der Waals surface area contributed by atoms with Gasteiger partial charge in [-0.05, 0) is 51.8 Å². The van der Waals surface area contributed by atoms with Crippen molar-refractivity contribution >= 4 is 21.7 Å². The molecule has 3 nitrogen and oxygen atoms in total. The highest BCUT2D eigenvalue weighted by Crippen LogP contribution is 2.29. The number of imidazole rings is 1. The van der Waals surface area contributed by atoms with Crippen molar-refractivity contribution in [3.63, 3.8) is 0 Å². The van der Waals surface area contributed by atoms with Crippen molar-refractivity contribution in [2.45, 2.75) is 58.3 Å². The SMILES string of the molecule is CC(C)c1c[nH]c2cc(CC(C)c3cnc(CC(C)c4cccc5ccccc45)[nH]3)ccc12. The Bertz CT molecular complexity index is 1380. The van der Waals surface area contributed by atoms with Crippen molar-refractivity contribution in [2.75, 3.05) is 0 Å². The zero-order valence-corrected chi connectivity index (χ0v) is 20.0. The molecule has 0 amide bonds. The first-order valence-electron chi connectivity index (χ1n) is 12.1. The fourth-order valence-electron chi connectivity index (χ4n) is 5.08. The van der Waals surface area contributed by atoms with E-state index in [-0.39, 0.29) is 0 Å². The molecule has 0 saturated heterocycles. The smallest absolute Gasteiger partial charge is 0.106 e. The molecule has 5 aromatic rings. The predicted molar refractivity (Wildman–Crippen MR) is 139 cm³/mol. The van der Waals surface area contributed by atoms with E-state index < -0.39 is 0 Å². The molecule has 2 N–H and O–H groups in total. The average Bonchev–Trinajstić information content (AvgIpc) is 3.45. The first kappa shape index (κ1) is 21.5. The molecule has 0 spiro atoms. The summed E-state index contributed by atoms with van der Waals surface area (Å²) in [6.45, 7) is 9.07. The molecule has 2 atom stereocenters. The number of H-pyrrole nitrogens is 2. The molecule has 33 heavy (non-hydrogen) atoms. The van der Waals surface area contributed by atoms with Crippen molar-refractivity contribution in [3.05, 3.63) is 101 Å². The first-order chi connectivity index (χ1) is 16.0. The Balaban J connectivity index is 1.29. The van der Waals surface area contributed by atoms with E-state index in [0.29, 0.717) is 17.8 Å². The second-order valence-electron chi connectivity index (χ2n) is 9.84. The van der Waals surface area contributed by atoms with Gasteiger partial charge in [0.05, 0.1) is 0 Å². The van der Waals surface area contributed by atoms with Crippen LogP contribution in [0.4, 0.5) is 0 Å². The Morgan fingerprint density at radius 2 is 1.61 bits per heavy atom. The third-order valence-corrected chi connectivity index (χ3v) is 6.97. The zero-order valence-electron chi connectivity index (χ0n) is 20.0. The highest BCUT2D eigenvalue weighted by Gasteiger charge is 2.15. The van der Waals surface area contributed by atoms with Gasteiger partial charge in [-0.1, -0.05) is 82.3 Å². The van der Waals surface area contributed by atoms with Gasteiger partial charge in [0.1, 0.15) is 5.82 Å². The molecular formula is C30H33N3. The topological polar surface area (TPSA) is 44.5 Å². The Hall–Kier alpha value is -3.33. The molecular weight excluding hydrogens is 402 g/mol. The molecule has 5 rings (SSSR count). The van der Waals surface area contributed by atoms with Gasteiger partial charge in [0, 0.05) is 41.3 Å². The third-order valence-electron chi connectivity index (χ3n) is 6.97. The minimum atomic E-state index is 0.385. The molecule has 3 aromatic carbocycles. The fraction of sp³-hybridized carbons (Fsp3) is 0.300. The fourth-order valence-corrected chi connectivity index (χ4v) is 5.08. The standard InChI is InChI=1S/C30H33N3/c1-19(2)27-17-31-28-16-22(12-13-26(27)28)14-21(4)29-18-32-30(33-29)15-20(3)24-11-7-9-23-8-5-6-10-25(23)24/h5-13,16-21,31H,14-15H2,1-4H3,(H,32,33). The number of benzene rings is 3. The number of aromatic nitrogens is 3. The highest BCUT2D eigenvalue weighted by atomic mass is 14.9. The van der Waals surface area contributed by atoms with Crippen LogP contribution in [0.5, 0.6) is 0 Å². The van der Waals surface area contributed by atoms with E-state index in [1.807, 2.05) is 6.20 Å². The summed E-state index contributed by atoms with van der Waals surface area (Å²) in [5.41, 5.74) is 6.58. The number of nitrogens with one attached hydrogen (secondary N) is 2. The van der Waals surface area contributed by atoms with E-state index in [9.17, 15) is 0 Å². The van der Waals surface area contributed by atoms with Gasteiger partial charge in [0.15, 0.2) is 0 Å². The van der Waals surface area contributed by atoms with Crippen LogP contribution in [0.1, 0.15) is 73.7 Å². The predicted octanol–water partition coefficient (Wildman–Crippen LogP) is 7.86. The second kappa shape index (κ2) is 8.90. The minimum absolute atomic E-state index is 0.385.